The Kier molecular flexibility index (Phi) is 1.59. The summed E-state index contributed by atoms with van der Waals surface area (Å²) in [5.41, 5.74) is 7.81. The van der Waals surface area contributed by atoms with Gasteiger partial charge in [-0.15, -0.1) is 0 Å². The van der Waals surface area contributed by atoms with Gasteiger partial charge in [-0.1, -0.05) is 0 Å². The predicted molar refractivity (Wildman–Crippen MR) is 48.7 cm³/mol. The van der Waals surface area contributed by atoms with Gasteiger partial charge in [0.25, 0.3) is 0 Å². The zero-order valence-electron chi connectivity index (χ0n) is 6.91. The average molecular weight is 161 g/mol. The lowest BCUT2D eigenvalue weighted by molar-refractivity contribution is 0.791. The zero-order valence-corrected chi connectivity index (χ0v) is 6.91. The third-order valence-electron chi connectivity index (χ3n) is 1.94. The number of H-pyrrole nitrogens is 1. The van der Waals surface area contributed by atoms with Gasteiger partial charge in [0.2, 0.25) is 0 Å². The lowest BCUT2D eigenvalue weighted by Gasteiger charge is -2.04. The fourth-order valence-corrected chi connectivity index (χ4v) is 1.37. The number of pyridine rings is 1. The monoisotopic (exact) mass is 161 g/mol. The second kappa shape index (κ2) is 2.60. The molecule has 12 heavy (non-hydrogen) atoms. The largest absolute Gasteiger partial charge is 0.361 e. The second-order valence-electron chi connectivity index (χ2n) is 2.92. The van der Waals surface area contributed by atoms with E-state index in [0.717, 1.165) is 16.6 Å². The van der Waals surface area contributed by atoms with Crippen molar-refractivity contribution >= 4 is 10.9 Å². The van der Waals surface area contributed by atoms with Gasteiger partial charge < -0.3 is 10.7 Å². The quantitative estimate of drug-likeness (QED) is 0.667. The van der Waals surface area contributed by atoms with Crippen LogP contribution in [-0.4, -0.2) is 9.97 Å². The van der Waals surface area contributed by atoms with Crippen LogP contribution in [0.2, 0.25) is 0 Å². The maximum atomic E-state index is 5.76. The Hall–Kier alpha value is -1.35. The number of aromatic nitrogens is 2. The molecule has 0 saturated carbocycles. The molecule has 0 aliphatic heterocycles. The van der Waals surface area contributed by atoms with Crippen molar-refractivity contribution in [3.8, 4) is 0 Å². The minimum absolute atomic E-state index is 0.00972. The van der Waals surface area contributed by atoms with Crippen LogP contribution in [0.25, 0.3) is 10.9 Å². The first kappa shape index (κ1) is 7.31. The van der Waals surface area contributed by atoms with Crippen LogP contribution >= 0.6 is 0 Å². The molecule has 2 aromatic rings. The Balaban J connectivity index is 2.73. The molecule has 0 radical (unpaired) electrons. The van der Waals surface area contributed by atoms with E-state index in [2.05, 4.69) is 9.97 Å². The summed E-state index contributed by atoms with van der Waals surface area (Å²) in [5.74, 6) is 0. The lowest BCUT2D eigenvalue weighted by Crippen LogP contribution is -2.07. The maximum absolute atomic E-state index is 5.76. The van der Waals surface area contributed by atoms with Crippen molar-refractivity contribution in [2.45, 2.75) is 13.0 Å². The SMILES string of the molecule is C[C@@H](N)c1nccc2[nH]ccc12. The van der Waals surface area contributed by atoms with Gasteiger partial charge in [0.05, 0.1) is 5.69 Å². The predicted octanol–water partition coefficient (Wildman–Crippen LogP) is 1.58. The molecule has 2 heterocycles. The van der Waals surface area contributed by atoms with E-state index in [4.69, 9.17) is 5.73 Å². The van der Waals surface area contributed by atoms with Gasteiger partial charge in [-0.05, 0) is 19.1 Å². The molecular formula is C9H11N3. The highest BCUT2D eigenvalue weighted by Crippen LogP contribution is 2.18. The summed E-state index contributed by atoms with van der Waals surface area (Å²) in [6, 6.07) is 3.94. The number of rotatable bonds is 1. The summed E-state index contributed by atoms with van der Waals surface area (Å²) in [5, 5.41) is 1.12. The number of hydrogen-bond acceptors (Lipinski definition) is 2. The third kappa shape index (κ3) is 0.987. The molecule has 3 heteroatoms. The minimum atomic E-state index is -0.00972. The molecule has 2 rings (SSSR count). The molecule has 0 amide bonds. The van der Waals surface area contributed by atoms with Gasteiger partial charge >= 0.3 is 0 Å². The first-order valence-electron chi connectivity index (χ1n) is 3.96. The van der Waals surface area contributed by atoms with Crippen molar-refractivity contribution in [2.24, 2.45) is 5.73 Å². The van der Waals surface area contributed by atoms with E-state index < -0.39 is 0 Å². The average Bonchev–Trinajstić information content (AvgIpc) is 2.49. The first-order chi connectivity index (χ1) is 5.79. The Morgan fingerprint density at radius 3 is 3.08 bits per heavy atom. The van der Waals surface area contributed by atoms with Crippen molar-refractivity contribution < 1.29 is 0 Å². The number of hydrogen-bond donors (Lipinski definition) is 2. The molecule has 3 nitrogen and oxygen atoms in total. The van der Waals surface area contributed by atoms with E-state index in [1.807, 2.05) is 25.3 Å². The van der Waals surface area contributed by atoms with Crippen molar-refractivity contribution in [3.05, 3.63) is 30.2 Å². The molecule has 0 unspecified atom stereocenters. The Morgan fingerprint density at radius 1 is 1.50 bits per heavy atom. The fraction of sp³-hybridized carbons (Fsp3) is 0.222. The van der Waals surface area contributed by atoms with Crippen LogP contribution in [-0.2, 0) is 0 Å². The van der Waals surface area contributed by atoms with Crippen LogP contribution in [0.4, 0.5) is 0 Å². The van der Waals surface area contributed by atoms with Gasteiger partial charge in [-0.3, -0.25) is 4.98 Å². The topological polar surface area (TPSA) is 54.7 Å². The summed E-state index contributed by atoms with van der Waals surface area (Å²) >= 11 is 0. The molecule has 0 fully saturated rings. The van der Waals surface area contributed by atoms with Gasteiger partial charge in [0, 0.05) is 29.3 Å². The lowest BCUT2D eigenvalue weighted by atomic mass is 10.1. The highest BCUT2D eigenvalue weighted by Gasteiger charge is 2.05. The molecule has 3 N–H and O–H groups in total. The van der Waals surface area contributed by atoms with Gasteiger partial charge in [0.15, 0.2) is 0 Å². The molecule has 62 valence electrons. The summed E-state index contributed by atoms with van der Waals surface area (Å²) in [7, 11) is 0. The number of aromatic amines is 1. The van der Waals surface area contributed by atoms with Gasteiger partial charge in [-0.25, -0.2) is 0 Å². The van der Waals surface area contributed by atoms with Crippen LogP contribution in [0.3, 0.4) is 0 Å². The molecule has 2 aromatic heterocycles. The Labute approximate surface area is 70.6 Å². The molecule has 0 spiro atoms. The van der Waals surface area contributed by atoms with Crippen LogP contribution in [0, 0.1) is 0 Å². The van der Waals surface area contributed by atoms with Gasteiger partial charge in [0.1, 0.15) is 0 Å². The molecule has 0 aliphatic carbocycles. The van der Waals surface area contributed by atoms with E-state index in [1.54, 1.807) is 6.20 Å². The van der Waals surface area contributed by atoms with E-state index in [0.29, 0.717) is 0 Å². The molecular weight excluding hydrogens is 150 g/mol. The number of nitrogens with zero attached hydrogens (tertiary/aromatic N) is 1. The van der Waals surface area contributed by atoms with E-state index >= 15 is 0 Å². The number of fused-ring (bicyclic) bond motifs is 1. The molecule has 0 aromatic carbocycles. The first-order valence-corrected chi connectivity index (χ1v) is 3.96. The molecule has 1 atom stereocenters. The standard InChI is InChI=1S/C9H11N3/c1-6(10)9-7-2-4-11-8(7)3-5-12-9/h2-6,11H,10H2,1H3/t6-/m1/s1. The Bertz CT molecular complexity index is 389. The highest BCUT2D eigenvalue weighted by molar-refractivity contribution is 5.81. The summed E-state index contributed by atoms with van der Waals surface area (Å²) in [6.45, 7) is 1.94. The highest BCUT2D eigenvalue weighted by atomic mass is 14.8. The molecule has 0 saturated heterocycles. The van der Waals surface area contributed by atoms with Crippen LogP contribution in [0.15, 0.2) is 24.5 Å². The smallest absolute Gasteiger partial charge is 0.0661 e. The van der Waals surface area contributed by atoms with Crippen molar-refractivity contribution in [3.63, 3.8) is 0 Å². The van der Waals surface area contributed by atoms with Crippen molar-refractivity contribution in [1.82, 2.24) is 9.97 Å². The summed E-state index contributed by atoms with van der Waals surface area (Å²) < 4.78 is 0. The van der Waals surface area contributed by atoms with E-state index in [1.165, 1.54) is 0 Å². The molecule has 0 bridgehead atoms. The third-order valence-corrected chi connectivity index (χ3v) is 1.94. The van der Waals surface area contributed by atoms with Crippen LogP contribution in [0.5, 0.6) is 0 Å². The normalized spacial score (nSPS) is 13.5. The number of nitrogens with two attached hydrogens (primary N) is 1. The van der Waals surface area contributed by atoms with Crippen molar-refractivity contribution in [2.75, 3.05) is 0 Å². The van der Waals surface area contributed by atoms with E-state index in [9.17, 15) is 0 Å². The number of nitrogens with one attached hydrogen (secondary N) is 1. The summed E-state index contributed by atoms with van der Waals surface area (Å²) in [6.07, 6.45) is 3.68. The zero-order chi connectivity index (χ0) is 8.55. The van der Waals surface area contributed by atoms with Crippen LogP contribution in [0.1, 0.15) is 18.7 Å². The Morgan fingerprint density at radius 2 is 2.33 bits per heavy atom. The van der Waals surface area contributed by atoms with Crippen LogP contribution < -0.4 is 5.73 Å². The minimum Gasteiger partial charge on any atom is -0.361 e. The van der Waals surface area contributed by atoms with Crippen molar-refractivity contribution in [1.29, 1.82) is 0 Å². The second-order valence-corrected chi connectivity index (χ2v) is 2.92. The van der Waals surface area contributed by atoms with E-state index in [-0.39, 0.29) is 6.04 Å². The fourth-order valence-electron chi connectivity index (χ4n) is 1.37. The maximum Gasteiger partial charge on any atom is 0.0661 e. The van der Waals surface area contributed by atoms with Gasteiger partial charge in [-0.2, -0.15) is 0 Å². The molecule has 0 aliphatic rings. The summed E-state index contributed by atoms with van der Waals surface area (Å²) in [4.78, 5) is 7.35.